The predicted octanol–water partition coefficient (Wildman–Crippen LogP) is 2.80. The summed E-state index contributed by atoms with van der Waals surface area (Å²) in [4.78, 5) is 2.31. The third kappa shape index (κ3) is 4.76. The van der Waals surface area contributed by atoms with E-state index in [4.69, 9.17) is 4.74 Å². The molecule has 1 aliphatic rings. The van der Waals surface area contributed by atoms with Crippen LogP contribution in [0.15, 0.2) is 18.2 Å². The van der Waals surface area contributed by atoms with Crippen molar-refractivity contribution in [2.24, 2.45) is 0 Å². The molecule has 1 aromatic rings. The fourth-order valence-electron chi connectivity index (χ4n) is 2.19. The van der Waals surface area contributed by atoms with Gasteiger partial charge >= 0.3 is 0 Å². The SMILES string of the molecule is CCN(CC)CCOc1ccc(F)cc1CNC1CC1. The molecule has 1 aromatic carbocycles. The molecule has 1 N–H and O–H groups in total. The second-order valence-corrected chi connectivity index (χ2v) is 5.28. The number of likely N-dealkylation sites (N-methyl/N-ethyl adjacent to an activating group) is 1. The minimum Gasteiger partial charge on any atom is -0.492 e. The van der Waals surface area contributed by atoms with E-state index < -0.39 is 0 Å². The highest BCUT2D eigenvalue weighted by molar-refractivity contribution is 5.34. The summed E-state index contributed by atoms with van der Waals surface area (Å²) in [5, 5.41) is 3.40. The molecule has 1 aliphatic carbocycles. The van der Waals surface area contributed by atoms with Gasteiger partial charge in [0.25, 0.3) is 0 Å². The summed E-state index contributed by atoms with van der Waals surface area (Å²) in [5.74, 6) is 0.598. The van der Waals surface area contributed by atoms with Crippen LogP contribution in [0.25, 0.3) is 0 Å². The summed E-state index contributed by atoms with van der Waals surface area (Å²) < 4.78 is 19.2. The number of nitrogens with one attached hydrogen (secondary N) is 1. The van der Waals surface area contributed by atoms with E-state index in [9.17, 15) is 4.39 Å². The summed E-state index contributed by atoms with van der Waals surface area (Å²) in [6.07, 6.45) is 2.46. The Kier molecular flexibility index (Phi) is 5.80. The average molecular weight is 280 g/mol. The molecule has 0 unspecified atom stereocenters. The maximum Gasteiger partial charge on any atom is 0.124 e. The molecule has 1 saturated carbocycles. The van der Waals surface area contributed by atoms with Crippen LogP contribution in [0.3, 0.4) is 0 Å². The Morgan fingerprint density at radius 1 is 1.30 bits per heavy atom. The van der Waals surface area contributed by atoms with Crippen molar-refractivity contribution in [1.82, 2.24) is 10.2 Å². The van der Waals surface area contributed by atoms with Crippen molar-refractivity contribution in [2.45, 2.75) is 39.3 Å². The van der Waals surface area contributed by atoms with Crippen molar-refractivity contribution in [3.8, 4) is 5.75 Å². The van der Waals surface area contributed by atoms with Gasteiger partial charge < -0.3 is 15.0 Å². The first kappa shape index (κ1) is 15.3. The second kappa shape index (κ2) is 7.60. The first-order valence-electron chi connectivity index (χ1n) is 7.59. The Labute approximate surface area is 121 Å². The van der Waals surface area contributed by atoms with Crippen LogP contribution in [0.4, 0.5) is 4.39 Å². The van der Waals surface area contributed by atoms with Crippen LogP contribution in [0.5, 0.6) is 5.75 Å². The summed E-state index contributed by atoms with van der Waals surface area (Å²) >= 11 is 0. The van der Waals surface area contributed by atoms with E-state index in [1.54, 1.807) is 12.1 Å². The van der Waals surface area contributed by atoms with Crippen LogP contribution >= 0.6 is 0 Å². The van der Waals surface area contributed by atoms with E-state index in [2.05, 4.69) is 24.1 Å². The van der Waals surface area contributed by atoms with Gasteiger partial charge in [0.15, 0.2) is 0 Å². The zero-order valence-corrected chi connectivity index (χ0v) is 12.5. The van der Waals surface area contributed by atoms with E-state index in [-0.39, 0.29) is 5.82 Å². The summed E-state index contributed by atoms with van der Waals surface area (Å²) in [6, 6.07) is 5.39. The molecule has 112 valence electrons. The molecular weight excluding hydrogens is 255 g/mol. The van der Waals surface area contributed by atoms with Gasteiger partial charge in [-0.1, -0.05) is 13.8 Å². The normalized spacial score (nSPS) is 14.8. The van der Waals surface area contributed by atoms with E-state index in [0.717, 1.165) is 30.9 Å². The highest BCUT2D eigenvalue weighted by Gasteiger charge is 2.20. The van der Waals surface area contributed by atoms with Crippen molar-refractivity contribution >= 4 is 0 Å². The van der Waals surface area contributed by atoms with Crippen LogP contribution in [-0.4, -0.2) is 37.2 Å². The zero-order valence-electron chi connectivity index (χ0n) is 12.5. The molecule has 0 radical (unpaired) electrons. The molecule has 2 rings (SSSR count). The lowest BCUT2D eigenvalue weighted by molar-refractivity contribution is 0.221. The maximum atomic E-state index is 13.4. The quantitative estimate of drug-likeness (QED) is 0.753. The smallest absolute Gasteiger partial charge is 0.124 e. The zero-order chi connectivity index (χ0) is 14.4. The van der Waals surface area contributed by atoms with E-state index in [1.807, 2.05) is 0 Å². The van der Waals surface area contributed by atoms with Crippen molar-refractivity contribution in [3.05, 3.63) is 29.6 Å². The Morgan fingerprint density at radius 2 is 2.05 bits per heavy atom. The van der Waals surface area contributed by atoms with Gasteiger partial charge in [-0.3, -0.25) is 0 Å². The van der Waals surface area contributed by atoms with Gasteiger partial charge in [-0.25, -0.2) is 4.39 Å². The number of benzene rings is 1. The van der Waals surface area contributed by atoms with E-state index >= 15 is 0 Å². The van der Waals surface area contributed by atoms with Crippen LogP contribution in [0, 0.1) is 5.82 Å². The maximum absolute atomic E-state index is 13.4. The Morgan fingerprint density at radius 3 is 2.70 bits per heavy atom. The molecule has 0 saturated heterocycles. The van der Waals surface area contributed by atoms with Crippen molar-refractivity contribution < 1.29 is 9.13 Å². The van der Waals surface area contributed by atoms with Crippen molar-refractivity contribution in [1.29, 1.82) is 0 Å². The largest absolute Gasteiger partial charge is 0.492 e. The Hall–Kier alpha value is -1.13. The van der Waals surface area contributed by atoms with E-state index in [0.29, 0.717) is 19.2 Å². The van der Waals surface area contributed by atoms with Gasteiger partial charge in [-0.2, -0.15) is 0 Å². The third-order valence-electron chi connectivity index (χ3n) is 3.74. The number of nitrogens with zero attached hydrogens (tertiary/aromatic N) is 1. The highest BCUT2D eigenvalue weighted by Crippen LogP contribution is 2.23. The van der Waals surface area contributed by atoms with Crippen molar-refractivity contribution in [2.75, 3.05) is 26.2 Å². The molecule has 4 heteroatoms. The number of ether oxygens (including phenoxy) is 1. The summed E-state index contributed by atoms with van der Waals surface area (Å²) in [7, 11) is 0. The lowest BCUT2D eigenvalue weighted by Gasteiger charge is -2.19. The van der Waals surface area contributed by atoms with Crippen LogP contribution in [0.1, 0.15) is 32.3 Å². The van der Waals surface area contributed by atoms with Gasteiger partial charge in [0.1, 0.15) is 18.2 Å². The Balaban J connectivity index is 1.87. The first-order chi connectivity index (χ1) is 9.72. The molecular formula is C16H25FN2O. The topological polar surface area (TPSA) is 24.5 Å². The standard InChI is InChI=1S/C16H25FN2O/c1-3-19(4-2)9-10-20-16-8-5-14(17)11-13(16)12-18-15-6-7-15/h5,8,11,15,18H,3-4,6-7,9-10,12H2,1-2H3. The molecule has 20 heavy (non-hydrogen) atoms. The number of rotatable bonds is 9. The Bertz CT molecular complexity index is 417. The molecule has 0 atom stereocenters. The van der Waals surface area contributed by atoms with Gasteiger partial charge in [-0.05, 0) is 44.1 Å². The van der Waals surface area contributed by atoms with Crippen molar-refractivity contribution in [3.63, 3.8) is 0 Å². The molecule has 0 amide bonds. The summed E-state index contributed by atoms with van der Waals surface area (Å²) in [6.45, 7) is 8.57. The number of hydrogen-bond donors (Lipinski definition) is 1. The summed E-state index contributed by atoms with van der Waals surface area (Å²) in [5.41, 5.74) is 0.913. The molecule has 0 bridgehead atoms. The lowest BCUT2D eigenvalue weighted by atomic mass is 10.2. The fourth-order valence-corrected chi connectivity index (χ4v) is 2.19. The number of halogens is 1. The minimum atomic E-state index is -0.200. The molecule has 1 fully saturated rings. The average Bonchev–Trinajstić information content (AvgIpc) is 3.27. The first-order valence-corrected chi connectivity index (χ1v) is 7.59. The van der Waals surface area contributed by atoms with Gasteiger partial charge in [-0.15, -0.1) is 0 Å². The number of hydrogen-bond acceptors (Lipinski definition) is 3. The molecule has 3 nitrogen and oxygen atoms in total. The molecule has 0 aromatic heterocycles. The minimum absolute atomic E-state index is 0.200. The fraction of sp³-hybridized carbons (Fsp3) is 0.625. The van der Waals surface area contributed by atoms with Gasteiger partial charge in [0, 0.05) is 24.7 Å². The molecule has 0 aliphatic heterocycles. The van der Waals surface area contributed by atoms with Gasteiger partial charge in [0.2, 0.25) is 0 Å². The monoisotopic (exact) mass is 280 g/mol. The van der Waals surface area contributed by atoms with Crippen LogP contribution in [0.2, 0.25) is 0 Å². The van der Waals surface area contributed by atoms with Gasteiger partial charge in [0.05, 0.1) is 0 Å². The predicted molar refractivity (Wildman–Crippen MR) is 79.5 cm³/mol. The second-order valence-electron chi connectivity index (χ2n) is 5.28. The lowest BCUT2D eigenvalue weighted by Crippen LogP contribution is -2.28. The third-order valence-corrected chi connectivity index (χ3v) is 3.74. The molecule has 0 spiro atoms. The van der Waals surface area contributed by atoms with Crippen LogP contribution in [-0.2, 0) is 6.54 Å². The van der Waals surface area contributed by atoms with Crippen LogP contribution < -0.4 is 10.1 Å². The van der Waals surface area contributed by atoms with E-state index in [1.165, 1.54) is 18.9 Å². The highest BCUT2D eigenvalue weighted by atomic mass is 19.1. The molecule has 0 heterocycles.